The van der Waals surface area contributed by atoms with Gasteiger partial charge in [0.15, 0.2) is 0 Å². The first-order valence-electron chi connectivity index (χ1n) is 9.82. The van der Waals surface area contributed by atoms with E-state index in [2.05, 4.69) is 5.32 Å². The number of amides is 1. The predicted octanol–water partition coefficient (Wildman–Crippen LogP) is 3.39. The smallest absolute Gasteiger partial charge is 0.257 e. The van der Waals surface area contributed by atoms with Crippen molar-refractivity contribution in [3.05, 3.63) is 48.3 Å². The van der Waals surface area contributed by atoms with E-state index in [0.29, 0.717) is 16.8 Å². The maximum absolute atomic E-state index is 14.1. The molecule has 2 aromatic carbocycles. The zero-order valence-corrected chi connectivity index (χ0v) is 16.4. The molecule has 1 amide bonds. The van der Waals surface area contributed by atoms with Gasteiger partial charge in [-0.1, -0.05) is 12.1 Å². The molecule has 1 aliphatic heterocycles. The number of β-amino-alcohol motifs (C(OH)–C–C–N with tert-alkyl or cyclic N) is 1. The van der Waals surface area contributed by atoms with Crippen LogP contribution >= 0.6 is 0 Å². The minimum atomic E-state index is -2.55. The summed E-state index contributed by atoms with van der Waals surface area (Å²) in [5.74, 6) is -4.18. The van der Waals surface area contributed by atoms with E-state index in [1.807, 2.05) is 4.90 Å². The van der Waals surface area contributed by atoms with E-state index in [4.69, 9.17) is 4.74 Å². The van der Waals surface area contributed by atoms with Crippen LogP contribution in [0.5, 0.6) is 5.75 Å². The summed E-state index contributed by atoms with van der Waals surface area (Å²) in [6, 6.07) is 11.2. The molecule has 5 nitrogen and oxygen atoms in total. The summed E-state index contributed by atoms with van der Waals surface area (Å²) in [6.45, 7) is 2.14. The number of halogens is 3. The number of nitrogens with one attached hydrogen (secondary N) is 1. The second-order valence-electron chi connectivity index (χ2n) is 8.01. The number of piperidine rings is 1. The number of nitrogens with zero attached hydrogens (tertiary/aromatic N) is 1. The van der Waals surface area contributed by atoms with Crippen LogP contribution in [-0.2, 0) is 4.79 Å². The molecule has 0 bridgehead atoms. The van der Waals surface area contributed by atoms with Crippen LogP contribution in [0.15, 0.2) is 42.5 Å². The molecule has 0 spiro atoms. The summed E-state index contributed by atoms with van der Waals surface area (Å²) in [5.41, 5.74) is 1.85. The van der Waals surface area contributed by atoms with E-state index in [9.17, 15) is 23.1 Å². The van der Waals surface area contributed by atoms with Crippen LogP contribution in [0.3, 0.4) is 0 Å². The van der Waals surface area contributed by atoms with E-state index < -0.39 is 29.7 Å². The molecule has 0 radical (unpaired) electrons. The minimum absolute atomic E-state index is 0.0724. The van der Waals surface area contributed by atoms with Crippen LogP contribution in [-0.4, -0.2) is 54.2 Å². The van der Waals surface area contributed by atoms with Crippen molar-refractivity contribution in [3.63, 3.8) is 0 Å². The van der Waals surface area contributed by atoms with E-state index in [-0.39, 0.29) is 37.9 Å². The molecule has 2 fully saturated rings. The normalized spacial score (nSPS) is 23.0. The van der Waals surface area contributed by atoms with Gasteiger partial charge in [0.25, 0.3) is 5.92 Å². The molecule has 3 unspecified atom stereocenters. The Bertz CT molecular complexity index is 939. The molecule has 8 heteroatoms. The number of ether oxygens (including phenoxy) is 1. The fourth-order valence-corrected chi connectivity index (χ4v) is 4.07. The third-order valence-corrected chi connectivity index (χ3v) is 5.57. The summed E-state index contributed by atoms with van der Waals surface area (Å²) >= 11 is 0. The number of anilines is 1. The molecule has 30 heavy (non-hydrogen) atoms. The zero-order chi connectivity index (χ0) is 21.5. The van der Waals surface area contributed by atoms with Gasteiger partial charge in [0.05, 0.1) is 0 Å². The van der Waals surface area contributed by atoms with Gasteiger partial charge in [-0.15, -0.1) is 0 Å². The van der Waals surface area contributed by atoms with E-state index in [1.165, 1.54) is 19.1 Å². The number of rotatable bonds is 7. The summed E-state index contributed by atoms with van der Waals surface area (Å²) in [5, 5.41) is 12.9. The van der Waals surface area contributed by atoms with Crippen molar-refractivity contribution < 1.29 is 27.8 Å². The van der Waals surface area contributed by atoms with Crippen LogP contribution in [0.25, 0.3) is 11.1 Å². The van der Waals surface area contributed by atoms with E-state index in [0.717, 1.165) is 0 Å². The lowest BCUT2D eigenvalue weighted by Crippen LogP contribution is -2.37. The summed E-state index contributed by atoms with van der Waals surface area (Å²) in [4.78, 5) is 13.0. The molecule has 2 N–H and O–H groups in total. The lowest BCUT2D eigenvalue weighted by atomic mass is 10.0. The van der Waals surface area contributed by atoms with Gasteiger partial charge in [0, 0.05) is 50.1 Å². The number of likely N-dealkylation sites (tertiary alicyclic amines) is 1. The predicted molar refractivity (Wildman–Crippen MR) is 106 cm³/mol. The Morgan fingerprint density at radius 2 is 1.97 bits per heavy atom. The van der Waals surface area contributed by atoms with Gasteiger partial charge in [0.2, 0.25) is 5.91 Å². The minimum Gasteiger partial charge on any atom is -0.491 e. The SMILES string of the molecule is CC(=O)Nc1cccc(-c2cc(F)cc(OCC(O)CN3CC4C(C3)C4(F)F)c2)c1. The first-order valence-corrected chi connectivity index (χ1v) is 9.82. The highest BCUT2D eigenvalue weighted by Gasteiger charge is 2.71. The van der Waals surface area contributed by atoms with E-state index in [1.54, 1.807) is 30.3 Å². The molecule has 2 aromatic rings. The number of hydrogen-bond acceptors (Lipinski definition) is 4. The summed E-state index contributed by atoms with van der Waals surface area (Å²) in [7, 11) is 0. The first-order chi connectivity index (χ1) is 14.2. The van der Waals surface area contributed by atoms with Crippen molar-refractivity contribution >= 4 is 11.6 Å². The number of aliphatic hydroxyl groups excluding tert-OH is 1. The second-order valence-corrected chi connectivity index (χ2v) is 8.01. The van der Waals surface area contributed by atoms with Crippen LogP contribution < -0.4 is 10.1 Å². The molecule has 0 aromatic heterocycles. The molecule has 1 saturated heterocycles. The number of alkyl halides is 2. The van der Waals surface area contributed by atoms with Gasteiger partial charge in [-0.25, -0.2) is 13.2 Å². The lowest BCUT2D eigenvalue weighted by Gasteiger charge is -2.22. The number of hydrogen-bond donors (Lipinski definition) is 2. The Morgan fingerprint density at radius 3 is 2.67 bits per heavy atom. The highest BCUT2D eigenvalue weighted by atomic mass is 19.3. The molecular weight excluding hydrogens is 397 g/mol. The Hall–Kier alpha value is -2.58. The summed E-state index contributed by atoms with van der Waals surface area (Å²) < 4.78 is 46.2. The fourth-order valence-electron chi connectivity index (χ4n) is 4.07. The highest BCUT2D eigenvalue weighted by molar-refractivity contribution is 5.89. The van der Waals surface area contributed by atoms with Crippen molar-refractivity contribution in [2.45, 2.75) is 19.0 Å². The standard InChI is InChI=1S/C22H23F3N2O3/c1-13(28)26-17-4-2-3-14(6-17)15-5-16(23)8-19(7-15)30-12-18(29)9-27-10-20-21(11-27)22(20,24)25/h2-8,18,20-21,29H,9-12H2,1H3,(H,26,28). The van der Waals surface area contributed by atoms with E-state index >= 15 is 0 Å². The van der Waals surface area contributed by atoms with Crippen LogP contribution in [0, 0.1) is 17.7 Å². The largest absolute Gasteiger partial charge is 0.491 e. The number of aliphatic hydroxyl groups is 1. The first kappa shape index (κ1) is 20.7. The average molecular weight is 420 g/mol. The van der Waals surface area contributed by atoms with Gasteiger partial charge in [-0.2, -0.15) is 0 Å². The molecular formula is C22H23F3N2O3. The number of carbonyl (C=O) groups is 1. The van der Waals surface area contributed by atoms with Crippen LogP contribution in [0.4, 0.5) is 18.9 Å². The van der Waals surface area contributed by atoms with Crippen molar-refractivity contribution in [2.75, 3.05) is 31.6 Å². The lowest BCUT2D eigenvalue weighted by molar-refractivity contribution is -0.114. The van der Waals surface area contributed by atoms with Gasteiger partial charge in [-0.05, 0) is 35.4 Å². The van der Waals surface area contributed by atoms with Crippen LogP contribution in [0.2, 0.25) is 0 Å². The Labute approximate surface area is 172 Å². The monoisotopic (exact) mass is 420 g/mol. The third-order valence-electron chi connectivity index (χ3n) is 5.57. The van der Waals surface area contributed by atoms with Gasteiger partial charge in [0.1, 0.15) is 24.3 Å². The maximum Gasteiger partial charge on any atom is 0.257 e. The quantitative estimate of drug-likeness (QED) is 0.721. The van der Waals surface area contributed by atoms with Crippen molar-refractivity contribution in [2.24, 2.45) is 11.8 Å². The molecule has 1 aliphatic carbocycles. The Balaban J connectivity index is 1.36. The number of benzene rings is 2. The maximum atomic E-state index is 14.1. The molecule has 160 valence electrons. The molecule has 1 saturated carbocycles. The number of fused-ring (bicyclic) bond motifs is 1. The zero-order valence-electron chi connectivity index (χ0n) is 16.4. The van der Waals surface area contributed by atoms with Crippen molar-refractivity contribution in [1.82, 2.24) is 4.90 Å². The molecule has 4 rings (SSSR count). The van der Waals surface area contributed by atoms with Crippen LogP contribution in [0.1, 0.15) is 6.92 Å². The second kappa shape index (κ2) is 7.92. The van der Waals surface area contributed by atoms with Gasteiger partial charge in [-0.3, -0.25) is 9.69 Å². The number of carbonyl (C=O) groups excluding carboxylic acids is 1. The Morgan fingerprint density at radius 1 is 1.23 bits per heavy atom. The average Bonchev–Trinajstić information content (AvgIpc) is 3.01. The fraction of sp³-hybridized carbons (Fsp3) is 0.409. The Kier molecular flexibility index (Phi) is 5.46. The third kappa shape index (κ3) is 4.44. The molecule has 1 heterocycles. The molecule has 3 atom stereocenters. The molecule has 2 aliphatic rings. The van der Waals surface area contributed by atoms with Gasteiger partial charge >= 0.3 is 0 Å². The van der Waals surface area contributed by atoms with Gasteiger partial charge < -0.3 is 15.2 Å². The van der Waals surface area contributed by atoms with Crippen molar-refractivity contribution in [3.8, 4) is 16.9 Å². The highest BCUT2D eigenvalue weighted by Crippen LogP contribution is 2.59. The summed E-state index contributed by atoms with van der Waals surface area (Å²) in [6.07, 6.45) is -0.870. The topological polar surface area (TPSA) is 61.8 Å². The van der Waals surface area contributed by atoms with Crippen molar-refractivity contribution in [1.29, 1.82) is 0 Å².